The third kappa shape index (κ3) is 6.05. The van der Waals surface area contributed by atoms with Crippen LogP contribution in [-0.2, 0) is 16.0 Å². The van der Waals surface area contributed by atoms with Crippen LogP contribution in [0.25, 0.3) is 0 Å². The number of hydrogen-bond donors (Lipinski definition) is 2. The number of fused-ring (bicyclic) bond motifs is 2. The number of carbonyl (C=O) groups is 1. The lowest BCUT2D eigenvalue weighted by Crippen LogP contribution is -2.46. The fraction of sp³-hybridized carbons (Fsp3) is 0.536. The summed E-state index contributed by atoms with van der Waals surface area (Å²) in [5.41, 5.74) is 2.60. The monoisotopic (exact) mass is 506 g/mol. The van der Waals surface area contributed by atoms with Crippen molar-refractivity contribution in [1.82, 2.24) is 25.5 Å². The highest BCUT2D eigenvalue weighted by Gasteiger charge is 2.36. The summed E-state index contributed by atoms with van der Waals surface area (Å²) in [7, 11) is 1.65. The molecule has 3 atom stereocenters. The molecule has 2 N–H and O–H groups in total. The fourth-order valence-corrected chi connectivity index (χ4v) is 5.39. The molecule has 37 heavy (non-hydrogen) atoms. The van der Waals surface area contributed by atoms with E-state index >= 15 is 0 Å². The van der Waals surface area contributed by atoms with Gasteiger partial charge in [-0.3, -0.25) is 19.7 Å². The average molecular weight is 507 g/mol. The van der Waals surface area contributed by atoms with Crippen LogP contribution in [0.15, 0.2) is 47.7 Å². The summed E-state index contributed by atoms with van der Waals surface area (Å²) in [4.78, 5) is 20.1. The van der Waals surface area contributed by atoms with Crippen LogP contribution in [0, 0.1) is 0 Å². The number of carbonyl (C=O) groups excluding carboxylic acids is 1. The largest absolute Gasteiger partial charge is 0.497 e. The third-order valence-corrected chi connectivity index (χ3v) is 7.15. The van der Waals surface area contributed by atoms with Crippen molar-refractivity contribution < 1.29 is 14.3 Å². The van der Waals surface area contributed by atoms with E-state index < -0.39 is 0 Å². The van der Waals surface area contributed by atoms with E-state index in [0.29, 0.717) is 17.9 Å². The Morgan fingerprint density at radius 2 is 1.97 bits per heavy atom. The van der Waals surface area contributed by atoms with Gasteiger partial charge >= 0.3 is 0 Å². The van der Waals surface area contributed by atoms with Crippen LogP contribution >= 0.6 is 0 Å². The van der Waals surface area contributed by atoms with Gasteiger partial charge in [0.15, 0.2) is 5.84 Å². The first-order chi connectivity index (χ1) is 17.8. The first-order valence-corrected chi connectivity index (χ1v) is 13.1. The van der Waals surface area contributed by atoms with E-state index in [-0.39, 0.29) is 24.2 Å². The summed E-state index contributed by atoms with van der Waals surface area (Å²) < 4.78 is 11.1. The van der Waals surface area contributed by atoms with Crippen molar-refractivity contribution in [3.05, 3.63) is 59.4 Å². The zero-order chi connectivity index (χ0) is 26.0. The minimum atomic E-state index is -0.319. The summed E-state index contributed by atoms with van der Waals surface area (Å²) in [6.07, 6.45) is 5.08. The van der Waals surface area contributed by atoms with E-state index in [1.807, 2.05) is 57.3 Å². The zero-order valence-electron chi connectivity index (χ0n) is 22.2. The highest BCUT2D eigenvalue weighted by atomic mass is 16.5. The molecule has 3 aliphatic rings. The lowest BCUT2D eigenvalue weighted by Gasteiger charge is -2.34. The highest BCUT2D eigenvalue weighted by molar-refractivity contribution is 5.98. The van der Waals surface area contributed by atoms with E-state index in [1.54, 1.807) is 12.1 Å². The molecule has 9 heteroatoms. The molecule has 1 aromatic heterocycles. The Morgan fingerprint density at radius 1 is 1.19 bits per heavy atom. The second-order valence-corrected chi connectivity index (χ2v) is 11.1. The molecule has 0 spiro atoms. The molecule has 2 aromatic rings. The number of morpholine rings is 1. The molecule has 3 unspecified atom stereocenters. The van der Waals surface area contributed by atoms with E-state index in [1.165, 1.54) is 18.4 Å². The number of benzene rings is 1. The molecular weight excluding hydrogens is 468 g/mol. The molecule has 0 saturated carbocycles. The molecule has 9 nitrogen and oxygen atoms in total. The number of hydrazone groups is 1. The lowest BCUT2D eigenvalue weighted by atomic mass is 10.1. The van der Waals surface area contributed by atoms with E-state index in [9.17, 15) is 4.79 Å². The summed E-state index contributed by atoms with van der Waals surface area (Å²) >= 11 is 0. The summed E-state index contributed by atoms with van der Waals surface area (Å²) in [6.45, 7) is 8.78. The number of amidine groups is 1. The smallest absolute Gasteiger partial charge is 0.241 e. The SMILES string of the molecule is COc1cccc(C2NC(c3ccc(CCN4C5CCC4COC5)cn3)=NN2CC(=O)NC(C)(C)C)c1. The molecule has 2 fully saturated rings. The van der Waals surface area contributed by atoms with Crippen LogP contribution < -0.4 is 15.4 Å². The van der Waals surface area contributed by atoms with E-state index in [0.717, 1.165) is 43.2 Å². The van der Waals surface area contributed by atoms with Gasteiger partial charge in [-0.1, -0.05) is 18.2 Å². The van der Waals surface area contributed by atoms with Gasteiger partial charge in [0.05, 0.1) is 20.3 Å². The number of amides is 1. The van der Waals surface area contributed by atoms with E-state index in [2.05, 4.69) is 21.6 Å². The van der Waals surface area contributed by atoms with Gasteiger partial charge in [-0.25, -0.2) is 0 Å². The maximum atomic E-state index is 12.8. The standard InChI is InChI=1S/C28H38N6O3/c1-28(2,3)31-25(35)16-34-27(20-6-5-7-23(14-20)36-4)30-26(32-34)24-11-8-19(15-29-24)12-13-33-21-9-10-22(33)18-37-17-21/h5-8,11,14-15,21-22,27H,9-10,12-13,16-18H2,1-4H3,(H,30,32)(H,31,35). The van der Waals surface area contributed by atoms with Crippen molar-refractivity contribution in [3.63, 3.8) is 0 Å². The van der Waals surface area contributed by atoms with Crippen molar-refractivity contribution in [2.75, 3.05) is 33.4 Å². The highest BCUT2D eigenvalue weighted by Crippen LogP contribution is 2.29. The number of ether oxygens (including phenoxy) is 2. The molecular formula is C28H38N6O3. The van der Waals surface area contributed by atoms with Gasteiger partial charge < -0.3 is 20.1 Å². The Kier molecular flexibility index (Phi) is 7.35. The molecule has 1 amide bonds. The average Bonchev–Trinajstić information content (AvgIpc) is 3.38. The predicted molar refractivity (Wildman–Crippen MR) is 142 cm³/mol. The normalized spacial score (nSPS) is 23.5. The molecule has 3 aliphatic heterocycles. The summed E-state index contributed by atoms with van der Waals surface area (Å²) in [6, 6.07) is 13.1. The number of nitrogens with one attached hydrogen (secondary N) is 2. The first-order valence-electron chi connectivity index (χ1n) is 13.1. The van der Waals surface area contributed by atoms with E-state index in [4.69, 9.17) is 19.6 Å². The van der Waals surface area contributed by atoms with Crippen LogP contribution in [0.3, 0.4) is 0 Å². The Balaban J connectivity index is 1.29. The fourth-order valence-electron chi connectivity index (χ4n) is 5.39. The van der Waals surface area contributed by atoms with Crippen LogP contribution in [0.5, 0.6) is 5.75 Å². The van der Waals surface area contributed by atoms with Crippen molar-refractivity contribution in [2.24, 2.45) is 5.10 Å². The van der Waals surface area contributed by atoms with Crippen molar-refractivity contribution in [1.29, 1.82) is 0 Å². The first kappa shape index (κ1) is 25.5. The molecule has 1 aromatic carbocycles. The van der Waals surface area contributed by atoms with Gasteiger partial charge in [0.1, 0.15) is 24.2 Å². The third-order valence-electron chi connectivity index (χ3n) is 7.15. The molecule has 5 rings (SSSR count). The van der Waals surface area contributed by atoms with Crippen LogP contribution in [0.2, 0.25) is 0 Å². The van der Waals surface area contributed by atoms with Crippen LogP contribution in [0.4, 0.5) is 0 Å². The van der Waals surface area contributed by atoms with Crippen molar-refractivity contribution in [2.45, 2.75) is 63.8 Å². The molecule has 2 saturated heterocycles. The van der Waals surface area contributed by atoms with Gasteiger partial charge in [-0.2, -0.15) is 5.10 Å². The quantitative estimate of drug-likeness (QED) is 0.569. The van der Waals surface area contributed by atoms with Gasteiger partial charge in [-0.05, 0) is 69.4 Å². The second-order valence-electron chi connectivity index (χ2n) is 11.1. The van der Waals surface area contributed by atoms with Crippen molar-refractivity contribution >= 4 is 11.7 Å². The maximum Gasteiger partial charge on any atom is 0.241 e. The Bertz CT molecular complexity index is 1110. The number of nitrogens with zero attached hydrogens (tertiary/aromatic N) is 4. The Labute approximate surface area is 219 Å². The number of methoxy groups -OCH3 is 1. The topological polar surface area (TPSA) is 91.3 Å². The molecule has 2 bridgehead atoms. The van der Waals surface area contributed by atoms with Gasteiger partial charge in [-0.15, -0.1) is 0 Å². The van der Waals surface area contributed by atoms with Crippen molar-refractivity contribution in [3.8, 4) is 5.75 Å². The summed E-state index contributed by atoms with van der Waals surface area (Å²) in [5, 5.41) is 13.0. The number of hydrogen-bond acceptors (Lipinski definition) is 8. The summed E-state index contributed by atoms with van der Waals surface area (Å²) in [5.74, 6) is 1.31. The minimum absolute atomic E-state index is 0.0902. The number of aromatic nitrogens is 1. The molecule has 198 valence electrons. The molecule has 4 heterocycles. The molecule has 0 radical (unpaired) electrons. The second kappa shape index (κ2) is 10.7. The van der Waals surface area contributed by atoms with Gasteiger partial charge in [0.25, 0.3) is 0 Å². The predicted octanol–water partition coefficient (Wildman–Crippen LogP) is 2.68. The Hall–Kier alpha value is -3.17. The lowest BCUT2D eigenvalue weighted by molar-refractivity contribution is -0.124. The van der Waals surface area contributed by atoms with Crippen LogP contribution in [-0.4, -0.2) is 77.7 Å². The van der Waals surface area contributed by atoms with Gasteiger partial charge in [0, 0.05) is 30.4 Å². The maximum absolute atomic E-state index is 12.8. The number of pyridine rings is 1. The van der Waals surface area contributed by atoms with Crippen LogP contribution in [0.1, 0.15) is 56.6 Å². The zero-order valence-corrected chi connectivity index (χ0v) is 22.2. The Morgan fingerprint density at radius 3 is 2.65 bits per heavy atom. The number of rotatable bonds is 8. The minimum Gasteiger partial charge on any atom is -0.497 e. The van der Waals surface area contributed by atoms with Gasteiger partial charge in [0.2, 0.25) is 5.91 Å². The molecule has 0 aliphatic carbocycles.